The van der Waals surface area contributed by atoms with Gasteiger partial charge >= 0.3 is 0 Å². The number of aryl methyl sites for hydroxylation is 8. The van der Waals surface area contributed by atoms with Crippen molar-refractivity contribution in [3.63, 3.8) is 0 Å². The van der Waals surface area contributed by atoms with Crippen molar-refractivity contribution in [3.8, 4) is 57.1 Å². The van der Waals surface area contributed by atoms with Crippen LogP contribution in [0.4, 0.5) is 22.7 Å². The van der Waals surface area contributed by atoms with Crippen LogP contribution in [0.1, 0.15) is 180 Å². The van der Waals surface area contributed by atoms with E-state index in [1.54, 1.807) is 114 Å². The molecular formula is C92H122Cl2N12O18. The summed E-state index contributed by atoms with van der Waals surface area (Å²) in [5, 5.41) is 14.0. The number of hydrogen-bond donors (Lipinski definition) is 4. The van der Waals surface area contributed by atoms with Crippen molar-refractivity contribution in [2.24, 2.45) is 0 Å². The highest BCUT2D eigenvalue weighted by Gasteiger charge is 2.32. The van der Waals surface area contributed by atoms with Gasteiger partial charge in [0.15, 0.2) is 23.1 Å². The predicted octanol–water partition coefficient (Wildman–Crippen LogP) is 12.9. The molecule has 4 aliphatic carbocycles. The van der Waals surface area contributed by atoms with Crippen LogP contribution < -0.4 is 53.0 Å². The van der Waals surface area contributed by atoms with E-state index in [0.29, 0.717) is 267 Å². The van der Waals surface area contributed by atoms with Crippen LogP contribution in [0.5, 0.6) is 11.5 Å². The van der Waals surface area contributed by atoms with Crippen molar-refractivity contribution >= 4 is 69.1 Å². The molecule has 30 nitrogen and oxygen atoms in total. The number of aromatic nitrogens is 8. The normalized spacial score (nSPS) is 13.3. The number of Topliss-reactive ketones (excluding diaryl/α,β-unsaturated/α-hetero) is 4. The fraction of sp³-hybridized carbons (Fsp3) is 0.522. The summed E-state index contributed by atoms with van der Waals surface area (Å²) in [6, 6.07) is 14.0. The van der Waals surface area contributed by atoms with E-state index in [0.717, 1.165) is 59.1 Å². The molecule has 0 amide bonds. The highest BCUT2D eigenvalue weighted by atomic mass is 35.5. The van der Waals surface area contributed by atoms with E-state index in [-0.39, 0.29) is 69.5 Å². The first kappa shape index (κ1) is 97.9. The highest BCUT2D eigenvalue weighted by Crippen LogP contribution is 2.40. The number of ether oxygens (including phenoxy) is 10. The van der Waals surface area contributed by atoms with Crippen LogP contribution in [-0.2, 0) is 115 Å². The van der Waals surface area contributed by atoms with Gasteiger partial charge in [0.05, 0.1) is 135 Å². The number of rotatable bonds is 38. The highest BCUT2D eigenvalue weighted by molar-refractivity contribution is 6.34. The summed E-state index contributed by atoms with van der Waals surface area (Å²) in [5.41, 5.74) is 13.3. The first-order valence-electron chi connectivity index (χ1n) is 42.6. The summed E-state index contributed by atoms with van der Waals surface area (Å²) in [6.07, 6.45) is 9.06. The van der Waals surface area contributed by atoms with Gasteiger partial charge in [0, 0.05) is 142 Å². The smallest absolute Gasteiger partial charge is 0.277 e. The maximum absolute atomic E-state index is 13.5. The SMILES string of the molecule is CCc1nc(-c2cc3c(cc2Cl)C(=O)CC3)n(CC)c(=O)c1NC(COC)COC.CCc1nc(-c2cc3c(cc2Cl)C(=O)CCC3)n(CC)c(=O)c1NC(COC)COC.CCc1nc(-c2cc3c(cc2OC)C(=O)CC3)n(CC)c(=O)c1NC(COC)COC.CCc1nc(-c2cc3c(cc2OC)C(=O)CCC3)n(CC)c(=O)c1NC(COC)COC. The standard InChI is InChI=1S/C24H33N3O5.C23H30ClN3O4.C23H31N3O5.C22H28ClN3O4/c1-6-19-22(25-16(13-30-3)14-31-4)24(29)27(7-2)23(26-19)18-11-15-9-8-10-20(28)17(15)12-21(18)32-5;1-5-19-21(25-15(12-30-3)13-31-4)23(29)27(6-2)22(26-19)17-10-14-8-7-9-20(28)16(14)11-18(17)24;1-6-18-21(24-15(12-29-3)13-30-4)23(28)26(7-2)22(25-18)17-10-14-8-9-19(27)16(14)11-20(17)31-5;1-5-18-20(24-14(11-29-3)12-30-4)22(28)26(6-2)21(25-18)16-9-13-7-8-19(27)15(13)10-17(16)23/h11-12,16,25H,6-10,13-14H2,1-5H3;10-11,15,25H,5-9,12-13H2,1-4H3;10-11,15,24H,6-9,12-13H2,1-5H3;9-10,14,24H,5-8,11-12H2,1-4H3. The molecule has 4 aliphatic rings. The maximum atomic E-state index is 13.5. The molecule has 12 rings (SSSR count). The number of methoxy groups -OCH3 is 10. The molecule has 0 radical (unpaired) electrons. The van der Waals surface area contributed by atoms with Gasteiger partial charge in [-0.05, 0) is 163 Å². The Bertz CT molecular complexity index is 5350. The third-order valence-electron chi connectivity index (χ3n) is 22.3. The van der Waals surface area contributed by atoms with Gasteiger partial charge in [0.1, 0.15) is 57.5 Å². The Morgan fingerprint density at radius 1 is 0.298 bits per heavy atom. The average Bonchev–Trinajstić information content (AvgIpc) is 1.38. The minimum atomic E-state index is -0.177. The Balaban J connectivity index is 0.000000187. The average molecular weight is 1750 g/mol. The number of carbonyl (C=O) groups is 4. The van der Waals surface area contributed by atoms with E-state index < -0.39 is 0 Å². The van der Waals surface area contributed by atoms with Crippen LogP contribution in [0.15, 0.2) is 67.7 Å². The summed E-state index contributed by atoms with van der Waals surface area (Å²) in [7, 11) is 16.0. The first-order valence-corrected chi connectivity index (χ1v) is 43.3. The molecule has 672 valence electrons. The molecule has 0 saturated heterocycles. The van der Waals surface area contributed by atoms with Crippen LogP contribution in [0.25, 0.3) is 45.6 Å². The fourth-order valence-corrected chi connectivity index (χ4v) is 16.7. The molecule has 4 aromatic carbocycles. The third kappa shape index (κ3) is 22.5. The van der Waals surface area contributed by atoms with Crippen LogP contribution >= 0.6 is 23.2 Å². The second kappa shape index (κ2) is 46.9. The fourth-order valence-electron chi connectivity index (χ4n) is 16.2. The molecule has 0 atom stereocenters. The van der Waals surface area contributed by atoms with Crippen LogP contribution in [0.2, 0.25) is 10.0 Å². The lowest BCUT2D eigenvalue weighted by molar-refractivity contribution is 0.0964. The number of anilines is 4. The minimum Gasteiger partial charge on any atom is -0.496 e. The van der Waals surface area contributed by atoms with Gasteiger partial charge in [-0.25, -0.2) is 19.9 Å². The number of benzene rings is 4. The van der Waals surface area contributed by atoms with Crippen molar-refractivity contribution in [1.82, 2.24) is 38.2 Å². The van der Waals surface area contributed by atoms with E-state index in [4.69, 9.17) is 90.5 Å². The maximum Gasteiger partial charge on any atom is 0.277 e. The van der Waals surface area contributed by atoms with Crippen LogP contribution in [0.3, 0.4) is 0 Å². The Morgan fingerprint density at radius 3 is 0.758 bits per heavy atom. The van der Waals surface area contributed by atoms with E-state index in [1.807, 2.05) is 79.7 Å². The molecule has 0 spiro atoms. The molecule has 0 unspecified atom stereocenters. The summed E-state index contributed by atoms with van der Waals surface area (Å²) in [6.45, 7) is 20.4. The van der Waals surface area contributed by atoms with Crippen molar-refractivity contribution in [2.45, 2.75) is 196 Å². The van der Waals surface area contributed by atoms with Crippen molar-refractivity contribution in [3.05, 3.63) is 167 Å². The summed E-state index contributed by atoms with van der Waals surface area (Å²) >= 11 is 13.1. The van der Waals surface area contributed by atoms with Gasteiger partial charge in [0.25, 0.3) is 22.2 Å². The third-order valence-corrected chi connectivity index (χ3v) is 22.9. The number of nitrogens with one attached hydrogen (secondary N) is 4. The number of fused-ring (bicyclic) bond motifs is 4. The number of nitrogens with zero attached hydrogens (tertiary/aromatic N) is 8. The number of carbonyl (C=O) groups excluding carboxylic acids is 4. The second-order valence-electron chi connectivity index (χ2n) is 30.4. The monoisotopic (exact) mass is 1750 g/mol. The van der Waals surface area contributed by atoms with Crippen molar-refractivity contribution in [1.29, 1.82) is 0 Å². The zero-order valence-electron chi connectivity index (χ0n) is 75.0. The molecular weight excluding hydrogens is 1630 g/mol. The molecule has 4 aromatic heterocycles. The molecule has 124 heavy (non-hydrogen) atoms. The Hall–Kier alpha value is -9.86. The molecule has 0 bridgehead atoms. The Kier molecular flexibility index (Phi) is 37.1. The van der Waals surface area contributed by atoms with E-state index in [9.17, 15) is 38.4 Å². The number of hydrogen-bond acceptors (Lipinski definition) is 26. The Labute approximate surface area is 735 Å². The lowest BCUT2D eigenvalue weighted by Crippen LogP contribution is -2.36. The minimum absolute atomic E-state index is 0.107. The van der Waals surface area contributed by atoms with Gasteiger partial charge in [-0.3, -0.25) is 56.6 Å². The van der Waals surface area contributed by atoms with Crippen LogP contribution in [0, 0.1) is 0 Å². The zero-order valence-corrected chi connectivity index (χ0v) is 76.5. The van der Waals surface area contributed by atoms with E-state index in [1.165, 1.54) is 0 Å². The van der Waals surface area contributed by atoms with Gasteiger partial charge in [-0.1, -0.05) is 50.9 Å². The summed E-state index contributed by atoms with van der Waals surface area (Å²) in [5.74, 6) is 3.71. The van der Waals surface area contributed by atoms with Gasteiger partial charge in [-0.2, -0.15) is 0 Å². The van der Waals surface area contributed by atoms with E-state index >= 15 is 0 Å². The quantitative estimate of drug-likeness (QED) is 0.0279. The largest absolute Gasteiger partial charge is 0.496 e. The molecule has 0 aliphatic heterocycles. The molecule has 0 fully saturated rings. The van der Waals surface area contributed by atoms with E-state index in [2.05, 4.69) is 21.3 Å². The number of halogens is 2. The molecule has 32 heteroatoms. The second-order valence-corrected chi connectivity index (χ2v) is 31.3. The summed E-state index contributed by atoms with van der Waals surface area (Å²) in [4.78, 5) is 122. The molecule has 8 aromatic rings. The summed E-state index contributed by atoms with van der Waals surface area (Å²) < 4.78 is 59.8. The van der Waals surface area contributed by atoms with Gasteiger partial charge in [-0.15, -0.1) is 0 Å². The first-order chi connectivity index (χ1) is 59.8. The predicted molar refractivity (Wildman–Crippen MR) is 484 cm³/mol. The topological polar surface area (TPSA) is 348 Å². The molecule has 4 heterocycles. The number of ketones is 4. The zero-order chi connectivity index (χ0) is 90.2. The molecule has 0 saturated carbocycles. The lowest BCUT2D eigenvalue weighted by Gasteiger charge is -2.23. The molecule has 4 N–H and O–H groups in total. The van der Waals surface area contributed by atoms with Gasteiger partial charge < -0.3 is 68.6 Å². The van der Waals surface area contributed by atoms with Gasteiger partial charge in [0.2, 0.25) is 0 Å². The van der Waals surface area contributed by atoms with Crippen molar-refractivity contribution < 1.29 is 66.5 Å². The van der Waals surface area contributed by atoms with Crippen molar-refractivity contribution in [2.75, 3.05) is 145 Å². The Morgan fingerprint density at radius 2 is 0.524 bits per heavy atom. The lowest BCUT2D eigenvalue weighted by atomic mass is 9.88. The van der Waals surface area contributed by atoms with Crippen LogP contribution in [-0.4, -0.2) is 209 Å².